The van der Waals surface area contributed by atoms with Crippen molar-refractivity contribution in [3.8, 4) is 0 Å². The molecule has 0 aliphatic carbocycles. The normalized spacial score (nSPS) is 19.4. The Balaban J connectivity index is 1.06. The average molecular weight is 681 g/mol. The van der Waals surface area contributed by atoms with E-state index in [4.69, 9.17) is 0 Å². The molecule has 0 bridgehead atoms. The Hall–Kier alpha value is -5.50. The van der Waals surface area contributed by atoms with Gasteiger partial charge in [-0.15, -0.1) is 0 Å². The van der Waals surface area contributed by atoms with E-state index in [-0.39, 0.29) is 23.8 Å². The molecule has 3 saturated heterocycles. The lowest BCUT2D eigenvalue weighted by Gasteiger charge is -2.42. The summed E-state index contributed by atoms with van der Waals surface area (Å²) in [7, 11) is 0. The van der Waals surface area contributed by atoms with E-state index in [2.05, 4.69) is 12.1 Å². The Bertz CT molecular complexity index is 1850. The Labute approximate surface area is 300 Å². The van der Waals surface area contributed by atoms with E-state index in [1.54, 1.807) is 14.7 Å². The first-order chi connectivity index (χ1) is 25.0. The van der Waals surface area contributed by atoms with Gasteiger partial charge in [-0.25, -0.2) is 0 Å². The standard InChI is InChI=1S/C43H44N4O4/c48-31-46(40(30-35-12-5-2-6-13-35)41(49)44-27-7-8-28-44)36-22-17-33(18-23-36)15-16-34-19-24-37(25-20-34)47-39(26-21-32-10-3-1-4-11-32)42(50)45-29-9-14-38(45)43(47)51/h1-6,10-13,15-20,22-25,31,38-40H,7-9,14,21,26-30H2/b16-15+/t38-,39?,40?/m0/s1. The summed E-state index contributed by atoms with van der Waals surface area (Å²) >= 11 is 0. The van der Waals surface area contributed by atoms with Crippen molar-refractivity contribution in [2.75, 3.05) is 29.4 Å². The Morgan fingerprint density at radius 3 is 1.96 bits per heavy atom. The van der Waals surface area contributed by atoms with Crippen molar-refractivity contribution in [2.45, 2.75) is 63.1 Å². The van der Waals surface area contributed by atoms with E-state index in [9.17, 15) is 19.2 Å². The predicted octanol–water partition coefficient (Wildman–Crippen LogP) is 6.39. The molecule has 4 aromatic carbocycles. The van der Waals surface area contributed by atoms with Crippen molar-refractivity contribution in [3.05, 3.63) is 131 Å². The number of hydrogen-bond acceptors (Lipinski definition) is 4. The molecule has 3 fully saturated rings. The number of benzene rings is 4. The third-order valence-electron chi connectivity index (χ3n) is 10.5. The lowest BCUT2D eigenvalue weighted by molar-refractivity contribution is -0.144. The molecule has 4 amide bonds. The lowest BCUT2D eigenvalue weighted by Crippen LogP contribution is -2.63. The second-order valence-corrected chi connectivity index (χ2v) is 13.7. The number of amides is 4. The van der Waals surface area contributed by atoms with E-state index in [0.29, 0.717) is 37.9 Å². The van der Waals surface area contributed by atoms with Crippen LogP contribution < -0.4 is 9.80 Å². The zero-order valence-electron chi connectivity index (χ0n) is 28.8. The topological polar surface area (TPSA) is 81.2 Å². The van der Waals surface area contributed by atoms with Gasteiger partial charge in [0, 0.05) is 37.4 Å². The van der Waals surface area contributed by atoms with Crippen LogP contribution in [0.25, 0.3) is 12.2 Å². The van der Waals surface area contributed by atoms with Gasteiger partial charge in [0.05, 0.1) is 0 Å². The van der Waals surface area contributed by atoms with Crippen LogP contribution in [0.2, 0.25) is 0 Å². The minimum absolute atomic E-state index is 0.00560. The summed E-state index contributed by atoms with van der Waals surface area (Å²) in [6.07, 6.45) is 10.0. The third-order valence-corrected chi connectivity index (χ3v) is 10.5. The molecule has 3 aliphatic rings. The minimum atomic E-state index is -0.625. The zero-order chi connectivity index (χ0) is 35.2. The van der Waals surface area contributed by atoms with Crippen LogP contribution in [-0.2, 0) is 32.0 Å². The fraction of sp³-hybridized carbons (Fsp3) is 0.302. The number of anilines is 2. The summed E-state index contributed by atoms with van der Waals surface area (Å²) in [5.41, 5.74) is 5.46. The molecule has 8 nitrogen and oxygen atoms in total. The molecule has 51 heavy (non-hydrogen) atoms. The van der Waals surface area contributed by atoms with Crippen LogP contribution in [0.3, 0.4) is 0 Å². The minimum Gasteiger partial charge on any atom is -0.341 e. The molecule has 0 aromatic heterocycles. The first-order valence-electron chi connectivity index (χ1n) is 18.1. The number of carbonyl (C=O) groups excluding carboxylic acids is 4. The monoisotopic (exact) mass is 680 g/mol. The van der Waals surface area contributed by atoms with Crippen LogP contribution in [0.15, 0.2) is 109 Å². The van der Waals surface area contributed by atoms with Crippen molar-refractivity contribution in [2.24, 2.45) is 0 Å². The Kier molecular flexibility index (Phi) is 10.4. The maximum atomic E-state index is 13.8. The van der Waals surface area contributed by atoms with E-state index in [1.165, 1.54) is 0 Å². The SMILES string of the molecule is O=CN(c1ccc(/C=C/c2ccc(N3C(=O)[C@@H]4CCCN4C(=O)C3CCc3ccccc3)cc2)cc1)C(Cc1ccccc1)C(=O)N1CCCC1. The fourth-order valence-corrected chi connectivity index (χ4v) is 7.71. The van der Waals surface area contributed by atoms with Gasteiger partial charge in [-0.3, -0.25) is 24.1 Å². The van der Waals surface area contributed by atoms with E-state index >= 15 is 0 Å². The number of aryl methyl sites for hydroxylation is 1. The Morgan fingerprint density at radius 1 is 0.725 bits per heavy atom. The highest BCUT2D eigenvalue weighted by atomic mass is 16.2. The van der Waals surface area contributed by atoms with Gasteiger partial charge in [0.2, 0.25) is 18.2 Å². The first kappa shape index (κ1) is 34.0. The highest BCUT2D eigenvalue weighted by Gasteiger charge is 2.48. The maximum absolute atomic E-state index is 13.8. The number of carbonyl (C=O) groups is 4. The number of fused-ring (bicyclic) bond motifs is 1. The molecule has 3 atom stereocenters. The number of rotatable bonds is 12. The maximum Gasteiger partial charge on any atom is 0.250 e. The van der Waals surface area contributed by atoms with Crippen molar-refractivity contribution in [1.82, 2.24) is 9.80 Å². The van der Waals surface area contributed by atoms with E-state index < -0.39 is 12.1 Å². The van der Waals surface area contributed by atoms with Crippen LogP contribution in [-0.4, -0.2) is 71.7 Å². The fourth-order valence-electron chi connectivity index (χ4n) is 7.71. The van der Waals surface area contributed by atoms with Gasteiger partial charge in [0.25, 0.3) is 5.91 Å². The first-order valence-corrected chi connectivity index (χ1v) is 18.1. The molecule has 8 heteroatoms. The molecule has 3 aliphatic heterocycles. The van der Waals surface area contributed by atoms with E-state index in [1.807, 2.05) is 114 Å². The van der Waals surface area contributed by atoms with Gasteiger partial charge in [-0.05, 0) is 85.0 Å². The molecule has 0 saturated carbocycles. The molecule has 4 aromatic rings. The summed E-state index contributed by atoms with van der Waals surface area (Å²) < 4.78 is 0. The quantitative estimate of drug-likeness (QED) is 0.128. The summed E-state index contributed by atoms with van der Waals surface area (Å²) in [6, 6.07) is 33.9. The smallest absolute Gasteiger partial charge is 0.250 e. The average Bonchev–Trinajstić information content (AvgIpc) is 3.90. The van der Waals surface area contributed by atoms with Gasteiger partial charge in [-0.2, -0.15) is 0 Å². The highest BCUT2D eigenvalue weighted by molar-refractivity contribution is 6.08. The summed E-state index contributed by atoms with van der Waals surface area (Å²) in [5, 5.41) is 0. The Morgan fingerprint density at radius 2 is 1.33 bits per heavy atom. The molecule has 7 rings (SSSR count). The van der Waals surface area contributed by atoms with Crippen LogP contribution in [0, 0.1) is 0 Å². The van der Waals surface area contributed by atoms with Crippen molar-refractivity contribution in [3.63, 3.8) is 0 Å². The van der Waals surface area contributed by atoms with Gasteiger partial charge < -0.3 is 14.7 Å². The van der Waals surface area contributed by atoms with Gasteiger partial charge in [0.15, 0.2) is 0 Å². The molecule has 260 valence electrons. The van der Waals surface area contributed by atoms with Gasteiger partial charge >= 0.3 is 0 Å². The largest absolute Gasteiger partial charge is 0.341 e. The summed E-state index contributed by atoms with van der Waals surface area (Å²) in [5.74, 6) is 0.0287. The number of piperazine rings is 1. The molecular weight excluding hydrogens is 636 g/mol. The molecular formula is C43H44N4O4. The molecule has 0 radical (unpaired) electrons. The van der Waals surface area contributed by atoms with Crippen molar-refractivity contribution >= 4 is 47.7 Å². The predicted molar refractivity (Wildman–Crippen MR) is 201 cm³/mol. The zero-order valence-corrected chi connectivity index (χ0v) is 28.8. The van der Waals surface area contributed by atoms with Crippen molar-refractivity contribution < 1.29 is 19.2 Å². The summed E-state index contributed by atoms with van der Waals surface area (Å²) in [4.78, 5) is 60.5. The highest BCUT2D eigenvalue weighted by Crippen LogP contribution is 2.33. The van der Waals surface area contributed by atoms with Gasteiger partial charge in [-0.1, -0.05) is 97.1 Å². The number of likely N-dealkylation sites (tertiary alicyclic amines) is 1. The van der Waals surface area contributed by atoms with Crippen LogP contribution in [0.1, 0.15) is 54.4 Å². The van der Waals surface area contributed by atoms with Crippen molar-refractivity contribution in [1.29, 1.82) is 0 Å². The molecule has 0 spiro atoms. The molecule has 0 N–H and O–H groups in total. The second kappa shape index (κ2) is 15.6. The number of hydrogen-bond donors (Lipinski definition) is 0. The van der Waals surface area contributed by atoms with Crippen LogP contribution in [0.4, 0.5) is 11.4 Å². The van der Waals surface area contributed by atoms with E-state index in [0.717, 1.165) is 66.7 Å². The van der Waals surface area contributed by atoms with Crippen LogP contribution in [0.5, 0.6) is 0 Å². The third kappa shape index (κ3) is 7.50. The van der Waals surface area contributed by atoms with Crippen LogP contribution >= 0.6 is 0 Å². The number of nitrogens with zero attached hydrogens (tertiary/aromatic N) is 4. The lowest BCUT2D eigenvalue weighted by atomic mass is 9.97. The molecule has 3 heterocycles. The summed E-state index contributed by atoms with van der Waals surface area (Å²) in [6.45, 7) is 2.09. The van der Waals surface area contributed by atoms with Gasteiger partial charge in [0.1, 0.15) is 18.1 Å². The second-order valence-electron chi connectivity index (χ2n) is 13.7. The molecule has 2 unspecified atom stereocenters.